The van der Waals surface area contributed by atoms with Crippen LogP contribution in [0, 0.1) is 16.2 Å². The molecule has 2 heteroatoms. The number of carbonyl (C=O) groups is 1. The molecule has 0 saturated heterocycles. The van der Waals surface area contributed by atoms with Crippen molar-refractivity contribution in [2.45, 2.75) is 72.6 Å². The second-order valence-electron chi connectivity index (χ2n) is 8.03. The summed E-state index contributed by atoms with van der Waals surface area (Å²) in [5, 5.41) is 10.4. The molecule has 108 valence electrons. The summed E-state index contributed by atoms with van der Waals surface area (Å²) in [5.74, 6) is 0.448. The summed E-state index contributed by atoms with van der Waals surface area (Å²) in [5.41, 5.74) is -0.00663. The standard InChI is InChI=1S/C17H28O2/c1-15(2)8-10-17(4,11-9-15)14(19)12-13(18)16(3)6-5-7-16/h12,19H,5-11H2,1-4H3/b14-12-. The fourth-order valence-corrected chi connectivity index (χ4v) is 3.16. The van der Waals surface area contributed by atoms with Crippen LogP contribution in [0.5, 0.6) is 0 Å². The monoisotopic (exact) mass is 264 g/mol. The quantitative estimate of drug-likeness (QED) is 0.587. The van der Waals surface area contributed by atoms with Crippen molar-refractivity contribution < 1.29 is 9.90 Å². The van der Waals surface area contributed by atoms with E-state index < -0.39 is 0 Å². The summed E-state index contributed by atoms with van der Waals surface area (Å²) >= 11 is 0. The number of carbonyl (C=O) groups excluding carboxylic acids is 1. The molecule has 0 aliphatic heterocycles. The van der Waals surface area contributed by atoms with Gasteiger partial charge < -0.3 is 5.11 Å². The van der Waals surface area contributed by atoms with E-state index in [0.29, 0.717) is 11.2 Å². The third-order valence-corrected chi connectivity index (χ3v) is 5.65. The van der Waals surface area contributed by atoms with E-state index >= 15 is 0 Å². The lowest BCUT2D eigenvalue weighted by Crippen LogP contribution is -2.35. The smallest absolute Gasteiger partial charge is 0.164 e. The first kappa shape index (κ1) is 14.6. The van der Waals surface area contributed by atoms with E-state index in [1.807, 2.05) is 6.92 Å². The maximum atomic E-state index is 12.2. The Morgan fingerprint density at radius 3 is 1.84 bits per heavy atom. The molecular weight excluding hydrogens is 236 g/mol. The second kappa shape index (κ2) is 4.64. The second-order valence-corrected chi connectivity index (χ2v) is 8.03. The summed E-state index contributed by atoms with van der Waals surface area (Å²) in [7, 11) is 0. The van der Waals surface area contributed by atoms with Gasteiger partial charge in [0.1, 0.15) is 5.76 Å². The number of hydrogen-bond donors (Lipinski definition) is 1. The molecule has 0 aromatic rings. The minimum atomic E-state index is -0.196. The molecule has 0 amide bonds. The first-order valence-corrected chi connectivity index (χ1v) is 7.63. The number of hydrogen-bond acceptors (Lipinski definition) is 2. The fraction of sp³-hybridized carbons (Fsp3) is 0.824. The number of aliphatic hydroxyl groups is 1. The van der Waals surface area contributed by atoms with E-state index in [1.165, 1.54) is 6.08 Å². The van der Waals surface area contributed by atoms with Crippen LogP contribution in [0.3, 0.4) is 0 Å². The van der Waals surface area contributed by atoms with Crippen LogP contribution in [0.1, 0.15) is 72.6 Å². The molecule has 2 saturated carbocycles. The SMILES string of the molecule is CC1(C)CCC(C)(/C(O)=C/C(=O)C2(C)CCC2)CC1. The third-order valence-electron chi connectivity index (χ3n) is 5.65. The molecule has 0 atom stereocenters. The molecule has 0 aromatic carbocycles. The zero-order valence-electron chi connectivity index (χ0n) is 12.9. The Bertz CT molecular complexity index is 389. The summed E-state index contributed by atoms with van der Waals surface area (Å²) in [6, 6.07) is 0. The zero-order valence-corrected chi connectivity index (χ0v) is 12.9. The Labute approximate surface area is 117 Å². The van der Waals surface area contributed by atoms with E-state index in [9.17, 15) is 9.90 Å². The lowest BCUT2D eigenvalue weighted by Gasteiger charge is -2.41. The molecule has 1 N–H and O–H groups in total. The van der Waals surface area contributed by atoms with Crippen LogP contribution >= 0.6 is 0 Å². The van der Waals surface area contributed by atoms with E-state index in [2.05, 4.69) is 20.8 Å². The molecule has 2 aliphatic rings. The Hall–Kier alpha value is -0.790. The number of aliphatic hydroxyl groups excluding tert-OH is 1. The highest BCUT2D eigenvalue weighted by Gasteiger charge is 2.41. The highest BCUT2D eigenvalue weighted by Crippen LogP contribution is 2.48. The summed E-state index contributed by atoms with van der Waals surface area (Å²) < 4.78 is 0. The fourth-order valence-electron chi connectivity index (χ4n) is 3.16. The summed E-state index contributed by atoms with van der Waals surface area (Å²) in [4.78, 5) is 12.2. The third kappa shape index (κ3) is 2.88. The Morgan fingerprint density at radius 2 is 1.42 bits per heavy atom. The van der Waals surface area contributed by atoms with Crippen LogP contribution in [0.15, 0.2) is 11.8 Å². The highest BCUT2D eigenvalue weighted by molar-refractivity contribution is 5.95. The molecule has 2 fully saturated rings. The van der Waals surface area contributed by atoms with Gasteiger partial charge in [-0.3, -0.25) is 4.79 Å². The molecule has 0 spiro atoms. The molecule has 0 radical (unpaired) electrons. The van der Waals surface area contributed by atoms with Crippen LogP contribution in [-0.2, 0) is 4.79 Å². The van der Waals surface area contributed by atoms with Gasteiger partial charge >= 0.3 is 0 Å². The van der Waals surface area contributed by atoms with Gasteiger partial charge in [-0.25, -0.2) is 0 Å². The topological polar surface area (TPSA) is 37.3 Å². The van der Waals surface area contributed by atoms with Gasteiger partial charge in [-0.2, -0.15) is 0 Å². The molecule has 0 heterocycles. The molecule has 0 aromatic heterocycles. The van der Waals surface area contributed by atoms with Crippen LogP contribution in [-0.4, -0.2) is 10.9 Å². The Morgan fingerprint density at radius 1 is 0.895 bits per heavy atom. The van der Waals surface area contributed by atoms with Crippen LogP contribution in [0.25, 0.3) is 0 Å². The highest BCUT2D eigenvalue weighted by atomic mass is 16.3. The average Bonchev–Trinajstić information content (AvgIpc) is 2.30. The average molecular weight is 264 g/mol. The molecule has 2 aliphatic carbocycles. The minimum Gasteiger partial charge on any atom is -0.512 e. The van der Waals surface area contributed by atoms with Gasteiger partial charge in [0.2, 0.25) is 0 Å². The van der Waals surface area contributed by atoms with Crippen molar-refractivity contribution >= 4 is 5.78 Å². The first-order valence-electron chi connectivity index (χ1n) is 7.63. The van der Waals surface area contributed by atoms with E-state index in [4.69, 9.17) is 0 Å². The van der Waals surface area contributed by atoms with Gasteiger partial charge in [0, 0.05) is 16.9 Å². The van der Waals surface area contributed by atoms with Crippen molar-refractivity contribution in [1.82, 2.24) is 0 Å². The molecular formula is C17H28O2. The summed E-state index contributed by atoms with van der Waals surface area (Å²) in [6.07, 6.45) is 8.82. The van der Waals surface area contributed by atoms with Crippen molar-refractivity contribution in [3.8, 4) is 0 Å². The van der Waals surface area contributed by atoms with E-state index in [-0.39, 0.29) is 16.6 Å². The predicted octanol–water partition coefficient (Wildman–Crippen LogP) is 4.79. The Kier molecular flexibility index (Phi) is 3.57. The largest absolute Gasteiger partial charge is 0.512 e. The molecule has 2 rings (SSSR count). The van der Waals surface area contributed by atoms with Gasteiger partial charge in [-0.1, -0.05) is 34.1 Å². The lowest BCUT2D eigenvalue weighted by atomic mass is 9.64. The number of ketones is 1. The Balaban J connectivity index is 2.06. The van der Waals surface area contributed by atoms with Gasteiger partial charge in [-0.05, 0) is 43.9 Å². The van der Waals surface area contributed by atoms with Crippen LogP contribution < -0.4 is 0 Å². The number of rotatable bonds is 3. The first-order chi connectivity index (χ1) is 8.67. The van der Waals surface area contributed by atoms with Crippen molar-refractivity contribution in [3.05, 3.63) is 11.8 Å². The van der Waals surface area contributed by atoms with Gasteiger partial charge in [0.25, 0.3) is 0 Å². The molecule has 2 nitrogen and oxygen atoms in total. The lowest BCUT2D eigenvalue weighted by molar-refractivity contribution is -0.127. The normalized spacial score (nSPS) is 28.5. The maximum absolute atomic E-state index is 12.2. The molecule has 19 heavy (non-hydrogen) atoms. The van der Waals surface area contributed by atoms with Crippen molar-refractivity contribution in [1.29, 1.82) is 0 Å². The molecule has 0 unspecified atom stereocenters. The predicted molar refractivity (Wildman–Crippen MR) is 78.0 cm³/mol. The van der Waals surface area contributed by atoms with Crippen LogP contribution in [0.4, 0.5) is 0 Å². The van der Waals surface area contributed by atoms with Crippen molar-refractivity contribution in [2.24, 2.45) is 16.2 Å². The van der Waals surface area contributed by atoms with Crippen molar-refractivity contribution in [3.63, 3.8) is 0 Å². The van der Waals surface area contributed by atoms with Gasteiger partial charge in [0.05, 0.1) is 0 Å². The number of allylic oxidation sites excluding steroid dienone is 2. The molecule has 0 bridgehead atoms. The minimum absolute atomic E-state index is 0.127. The van der Waals surface area contributed by atoms with Gasteiger partial charge in [-0.15, -0.1) is 0 Å². The van der Waals surface area contributed by atoms with E-state index in [0.717, 1.165) is 44.9 Å². The van der Waals surface area contributed by atoms with Gasteiger partial charge in [0.15, 0.2) is 5.78 Å². The van der Waals surface area contributed by atoms with E-state index in [1.54, 1.807) is 0 Å². The zero-order chi connectivity index (χ0) is 14.3. The van der Waals surface area contributed by atoms with Crippen molar-refractivity contribution in [2.75, 3.05) is 0 Å². The summed E-state index contributed by atoms with van der Waals surface area (Å²) in [6.45, 7) is 8.70. The van der Waals surface area contributed by atoms with Crippen LogP contribution in [0.2, 0.25) is 0 Å². The maximum Gasteiger partial charge on any atom is 0.164 e.